The summed E-state index contributed by atoms with van der Waals surface area (Å²) in [7, 11) is 0. The predicted octanol–water partition coefficient (Wildman–Crippen LogP) is 1.23. The Morgan fingerprint density at radius 2 is 2.18 bits per heavy atom. The van der Waals surface area contributed by atoms with Gasteiger partial charge in [0.1, 0.15) is 18.0 Å². The van der Waals surface area contributed by atoms with Crippen LogP contribution in [0.15, 0.2) is 24.3 Å². The lowest BCUT2D eigenvalue weighted by Gasteiger charge is -2.34. The second-order valence-corrected chi connectivity index (χ2v) is 5.72. The summed E-state index contributed by atoms with van der Waals surface area (Å²) in [5.74, 6) is -0.345. The molecule has 0 bridgehead atoms. The topological polar surface area (TPSA) is 64.8 Å². The maximum atomic E-state index is 13.9. The molecule has 2 saturated heterocycles. The average molecular weight is 308 g/mol. The molecule has 3 atom stereocenters. The zero-order valence-electron chi connectivity index (χ0n) is 12.4. The molecule has 0 saturated carbocycles. The standard InChI is InChI=1S/C16H21FN2O3/c17-13-4-2-1-3-12(13)15-10-19(7-8-21-15)16(20)14-6-5-11(9-18)22-14/h1-4,11,14-15H,5-10,18H2/t11-,14+,15?/m1/s1. The molecule has 2 fully saturated rings. The van der Waals surface area contributed by atoms with Gasteiger partial charge >= 0.3 is 0 Å². The monoisotopic (exact) mass is 308 g/mol. The van der Waals surface area contributed by atoms with Crippen LogP contribution in [0.3, 0.4) is 0 Å². The van der Waals surface area contributed by atoms with Crippen molar-refractivity contribution in [2.24, 2.45) is 5.73 Å². The molecule has 0 aliphatic carbocycles. The molecule has 2 aliphatic heterocycles. The van der Waals surface area contributed by atoms with E-state index in [2.05, 4.69) is 0 Å². The maximum Gasteiger partial charge on any atom is 0.251 e. The fraction of sp³-hybridized carbons (Fsp3) is 0.562. The third-order valence-corrected chi connectivity index (χ3v) is 4.28. The molecule has 22 heavy (non-hydrogen) atoms. The van der Waals surface area contributed by atoms with Gasteiger partial charge in [-0.25, -0.2) is 4.39 Å². The molecular formula is C16H21FN2O3. The number of carbonyl (C=O) groups is 1. The van der Waals surface area contributed by atoms with Crippen LogP contribution in [0, 0.1) is 5.82 Å². The quantitative estimate of drug-likeness (QED) is 0.912. The lowest BCUT2D eigenvalue weighted by Crippen LogP contribution is -2.47. The van der Waals surface area contributed by atoms with Gasteiger partial charge < -0.3 is 20.1 Å². The van der Waals surface area contributed by atoms with E-state index in [4.69, 9.17) is 15.2 Å². The lowest BCUT2D eigenvalue weighted by atomic mass is 10.1. The number of nitrogens with two attached hydrogens (primary N) is 1. The minimum absolute atomic E-state index is 0.0302. The van der Waals surface area contributed by atoms with Crippen molar-refractivity contribution in [3.05, 3.63) is 35.6 Å². The van der Waals surface area contributed by atoms with Gasteiger partial charge in [0, 0.05) is 18.7 Å². The van der Waals surface area contributed by atoms with Gasteiger partial charge in [0.15, 0.2) is 0 Å². The minimum atomic E-state index is -0.425. The van der Waals surface area contributed by atoms with E-state index in [1.807, 2.05) is 0 Å². The van der Waals surface area contributed by atoms with Gasteiger partial charge in [-0.05, 0) is 18.9 Å². The molecule has 3 rings (SSSR count). The fourth-order valence-corrected chi connectivity index (χ4v) is 3.04. The molecule has 1 amide bonds. The Balaban J connectivity index is 1.66. The molecule has 2 N–H and O–H groups in total. The lowest BCUT2D eigenvalue weighted by molar-refractivity contribution is -0.150. The SMILES string of the molecule is NC[C@H]1CC[C@@H](C(=O)N2CCOC(c3ccccc3F)C2)O1. The number of hydrogen-bond donors (Lipinski definition) is 1. The van der Waals surface area contributed by atoms with E-state index < -0.39 is 12.2 Å². The number of nitrogens with zero attached hydrogens (tertiary/aromatic N) is 1. The Hall–Kier alpha value is -1.50. The Morgan fingerprint density at radius 1 is 1.36 bits per heavy atom. The first-order valence-electron chi connectivity index (χ1n) is 7.69. The second kappa shape index (κ2) is 6.73. The van der Waals surface area contributed by atoms with Gasteiger partial charge in [0.2, 0.25) is 0 Å². The van der Waals surface area contributed by atoms with Crippen molar-refractivity contribution in [1.82, 2.24) is 4.90 Å². The van der Waals surface area contributed by atoms with E-state index >= 15 is 0 Å². The summed E-state index contributed by atoms with van der Waals surface area (Å²) in [6.07, 6.45) is 0.632. The molecular weight excluding hydrogens is 287 g/mol. The molecule has 1 unspecified atom stereocenters. The number of amides is 1. The van der Waals surface area contributed by atoms with Crippen LogP contribution in [-0.2, 0) is 14.3 Å². The van der Waals surface area contributed by atoms with E-state index in [1.165, 1.54) is 6.07 Å². The zero-order valence-corrected chi connectivity index (χ0v) is 12.4. The number of hydrogen-bond acceptors (Lipinski definition) is 4. The first-order valence-corrected chi connectivity index (χ1v) is 7.69. The summed E-state index contributed by atoms with van der Waals surface area (Å²) in [5.41, 5.74) is 6.07. The number of ether oxygens (including phenoxy) is 2. The van der Waals surface area contributed by atoms with Gasteiger partial charge in [0.05, 0.1) is 19.3 Å². The number of benzene rings is 1. The Bertz CT molecular complexity index is 540. The van der Waals surface area contributed by atoms with Crippen molar-refractivity contribution in [2.75, 3.05) is 26.2 Å². The molecule has 2 heterocycles. The van der Waals surface area contributed by atoms with E-state index in [9.17, 15) is 9.18 Å². The Kier molecular flexibility index (Phi) is 4.71. The Labute approximate surface area is 129 Å². The third-order valence-electron chi connectivity index (χ3n) is 4.28. The van der Waals surface area contributed by atoms with Crippen LogP contribution in [0.5, 0.6) is 0 Å². The molecule has 1 aromatic rings. The number of rotatable bonds is 3. The van der Waals surface area contributed by atoms with E-state index in [0.717, 1.165) is 6.42 Å². The number of morpholine rings is 1. The summed E-state index contributed by atoms with van der Waals surface area (Å²) in [5, 5.41) is 0. The van der Waals surface area contributed by atoms with Gasteiger partial charge in [0.25, 0.3) is 5.91 Å². The third kappa shape index (κ3) is 3.14. The molecule has 5 nitrogen and oxygen atoms in total. The number of halogens is 1. The van der Waals surface area contributed by atoms with Crippen molar-refractivity contribution >= 4 is 5.91 Å². The van der Waals surface area contributed by atoms with E-state index in [1.54, 1.807) is 23.1 Å². The maximum absolute atomic E-state index is 13.9. The van der Waals surface area contributed by atoms with E-state index in [0.29, 0.717) is 38.2 Å². The summed E-state index contributed by atoms with van der Waals surface area (Å²) in [6, 6.07) is 6.52. The van der Waals surface area contributed by atoms with Crippen molar-refractivity contribution in [2.45, 2.75) is 31.2 Å². The largest absolute Gasteiger partial charge is 0.370 e. The van der Waals surface area contributed by atoms with Gasteiger partial charge in [-0.2, -0.15) is 0 Å². The highest BCUT2D eigenvalue weighted by Crippen LogP contribution is 2.27. The van der Waals surface area contributed by atoms with Crippen molar-refractivity contribution < 1.29 is 18.7 Å². The van der Waals surface area contributed by atoms with Crippen LogP contribution in [0.2, 0.25) is 0 Å². The van der Waals surface area contributed by atoms with Crippen LogP contribution in [-0.4, -0.2) is 49.3 Å². The van der Waals surface area contributed by atoms with Gasteiger partial charge in [-0.3, -0.25) is 4.79 Å². The van der Waals surface area contributed by atoms with Crippen LogP contribution in [0.25, 0.3) is 0 Å². The molecule has 2 aliphatic rings. The zero-order chi connectivity index (χ0) is 15.5. The van der Waals surface area contributed by atoms with Gasteiger partial charge in [-0.15, -0.1) is 0 Å². The first kappa shape index (κ1) is 15.4. The highest BCUT2D eigenvalue weighted by Gasteiger charge is 2.35. The van der Waals surface area contributed by atoms with Crippen LogP contribution >= 0.6 is 0 Å². The normalized spacial score (nSPS) is 28.8. The van der Waals surface area contributed by atoms with Gasteiger partial charge in [-0.1, -0.05) is 18.2 Å². The molecule has 0 spiro atoms. The highest BCUT2D eigenvalue weighted by atomic mass is 19.1. The van der Waals surface area contributed by atoms with Crippen molar-refractivity contribution in [3.63, 3.8) is 0 Å². The molecule has 120 valence electrons. The Morgan fingerprint density at radius 3 is 2.91 bits per heavy atom. The summed E-state index contributed by atoms with van der Waals surface area (Å²) in [6.45, 7) is 1.70. The van der Waals surface area contributed by atoms with E-state index in [-0.39, 0.29) is 17.8 Å². The first-order chi connectivity index (χ1) is 10.7. The minimum Gasteiger partial charge on any atom is -0.370 e. The number of carbonyl (C=O) groups excluding carboxylic acids is 1. The molecule has 1 aromatic carbocycles. The molecule has 0 aromatic heterocycles. The predicted molar refractivity (Wildman–Crippen MR) is 78.6 cm³/mol. The average Bonchev–Trinajstić information content (AvgIpc) is 3.04. The fourth-order valence-electron chi connectivity index (χ4n) is 3.04. The second-order valence-electron chi connectivity index (χ2n) is 5.72. The smallest absolute Gasteiger partial charge is 0.251 e. The highest BCUT2D eigenvalue weighted by molar-refractivity contribution is 5.81. The van der Waals surface area contributed by atoms with Crippen LogP contribution in [0.1, 0.15) is 24.5 Å². The van der Waals surface area contributed by atoms with Crippen LogP contribution in [0.4, 0.5) is 4.39 Å². The van der Waals surface area contributed by atoms with Crippen molar-refractivity contribution in [1.29, 1.82) is 0 Å². The molecule has 0 radical (unpaired) electrons. The molecule has 6 heteroatoms. The summed E-state index contributed by atoms with van der Waals surface area (Å²) >= 11 is 0. The summed E-state index contributed by atoms with van der Waals surface area (Å²) in [4.78, 5) is 14.2. The van der Waals surface area contributed by atoms with Crippen molar-refractivity contribution in [3.8, 4) is 0 Å². The summed E-state index contributed by atoms with van der Waals surface area (Å²) < 4.78 is 25.2. The van der Waals surface area contributed by atoms with Crippen LogP contribution < -0.4 is 5.73 Å².